The number of hydrogen-bond donors (Lipinski definition) is 0. The van der Waals surface area contributed by atoms with Crippen molar-refractivity contribution < 1.29 is 9.47 Å². The maximum atomic E-state index is 8.92. The fourth-order valence-electron chi connectivity index (χ4n) is 1.76. The van der Waals surface area contributed by atoms with Gasteiger partial charge in [0.2, 0.25) is 0 Å². The van der Waals surface area contributed by atoms with Crippen molar-refractivity contribution in [3.05, 3.63) is 57.0 Å². The van der Waals surface area contributed by atoms with E-state index in [2.05, 4.69) is 22.0 Å². The molecule has 0 spiro atoms. The number of hydrogen-bond acceptors (Lipinski definition) is 3. The lowest BCUT2D eigenvalue weighted by atomic mass is 10.2. The van der Waals surface area contributed by atoms with Crippen LogP contribution in [0.2, 0.25) is 5.02 Å². The molecule has 0 N–H and O–H groups in total. The molecule has 0 heterocycles. The van der Waals surface area contributed by atoms with E-state index in [1.165, 1.54) is 0 Å². The highest BCUT2D eigenvalue weighted by Crippen LogP contribution is 2.30. The molecular formula is C16H13BrClNO2. The maximum Gasteiger partial charge on any atom is 0.162 e. The average molecular weight is 367 g/mol. The lowest BCUT2D eigenvalue weighted by Crippen LogP contribution is -2.00. The molecule has 0 saturated heterocycles. The second kappa shape index (κ2) is 7.35. The Hall–Kier alpha value is -1.70. The first-order chi connectivity index (χ1) is 10.1. The lowest BCUT2D eigenvalue weighted by Gasteiger charge is -2.13. The largest absolute Gasteiger partial charge is 0.490 e. The molecule has 5 heteroatoms. The summed E-state index contributed by atoms with van der Waals surface area (Å²) >= 11 is 9.52. The third kappa shape index (κ3) is 4.13. The first-order valence-corrected chi connectivity index (χ1v) is 7.54. The van der Waals surface area contributed by atoms with Crippen LogP contribution in [0.1, 0.15) is 18.1 Å². The molecule has 0 aromatic heterocycles. The predicted octanol–water partition coefficient (Wildman–Crippen LogP) is 4.95. The highest BCUT2D eigenvalue weighted by atomic mass is 79.9. The summed E-state index contributed by atoms with van der Waals surface area (Å²) in [6.07, 6.45) is 0. The normalized spacial score (nSPS) is 10.0. The van der Waals surface area contributed by atoms with E-state index in [1.54, 1.807) is 18.2 Å². The number of benzene rings is 2. The van der Waals surface area contributed by atoms with Crippen LogP contribution in [0.15, 0.2) is 40.9 Å². The minimum atomic E-state index is 0.331. The van der Waals surface area contributed by atoms with Gasteiger partial charge in [-0.15, -0.1) is 0 Å². The summed E-state index contributed by atoms with van der Waals surface area (Å²) in [6, 6.07) is 12.8. The summed E-state index contributed by atoms with van der Waals surface area (Å²) < 4.78 is 12.2. The molecule has 0 unspecified atom stereocenters. The highest BCUT2D eigenvalue weighted by molar-refractivity contribution is 9.10. The molecule has 0 saturated carbocycles. The van der Waals surface area contributed by atoms with Crippen molar-refractivity contribution in [2.24, 2.45) is 0 Å². The zero-order valence-electron chi connectivity index (χ0n) is 11.4. The Bertz CT molecular complexity index is 682. The van der Waals surface area contributed by atoms with Gasteiger partial charge in [0.1, 0.15) is 6.61 Å². The minimum Gasteiger partial charge on any atom is -0.490 e. The average Bonchev–Trinajstić information content (AvgIpc) is 2.47. The van der Waals surface area contributed by atoms with Crippen molar-refractivity contribution in [1.82, 2.24) is 0 Å². The standard InChI is InChI=1S/C16H13BrClNO2/c1-2-20-16-7-11(9-19)3-6-15(16)21-10-12-4-5-13(17)8-14(12)18/h3-8H,2,10H2,1H3. The molecule has 108 valence electrons. The second-order valence-corrected chi connectivity index (χ2v) is 5.55. The van der Waals surface area contributed by atoms with Crippen LogP contribution in [-0.2, 0) is 6.61 Å². The molecule has 2 aromatic carbocycles. The molecular weight excluding hydrogens is 354 g/mol. The van der Waals surface area contributed by atoms with Gasteiger partial charge in [0, 0.05) is 21.1 Å². The first-order valence-electron chi connectivity index (χ1n) is 6.37. The Balaban J connectivity index is 2.17. The Labute approximate surface area is 137 Å². The van der Waals surface area contributed by atoms with Gasteiger partial charge >= 0.3 is 0 Å². The SMILES string of the molecule is CCOc1cc(C#N)ccc1OCc1ccc(Br)cc1Cl. The molecule has 0 aliphatic heterocycles. The van der Waals surface area contributed by atoms with Crippen LogP contribution >= 0.6 is 27.5 Å². The number of halogens is 2. The van der Waals surface area contributed by atoms with E-state index in [0.717, 1.165) is 10.0 Å². The Kier molecular flexibility index (Phi) is 5.49. The van der Waals surface area contributed by atoms with Gasteiger partial charge in [-0.3, -0.25) is 0 Å². The molecule has 0 radical (unpaired) electrons. The Morgan fingerprint density at radius 3 is 2.62 bits per heavy atom. The van der Waals surface area contributed by atoms with Gasteiger partial charge in [-0.1, -0.05) is 33.6 Å². The summed E-state index contributed by atoms with van der Waals surface area (Å²) in [5.41, 5.74) is 1.42. The van der Waals surface area contributed by atoms with E-state index in [-0.39, 0.29) is 0 Å². The van der Waals surface area contributed by atoms with Gasteiger partial charge < -0.3 is 9.47 Å². The summed E-state index contributed by atoms with van der Waals surface area (Å²) in [4.78, 5) is 0. The molecule has 2 rings (SSSR count). The van der Waals surface area contributed by atoms with Gasteiger partial charge in [0.05, 0.1) is 18.2 Å². The van der Waals surface area contributed by atoms with Gasteiger partial charge in [-0.05, 0) is 31.2 Å². The van der Waals surface area contributed by atoms with Crippen molar-refractivity contribution in [1.29, 1.82) is 5.26 Å². The second-order valence-electron chi connectivity index (χ2n) is 4.23. The molecule has 0 aliphatic rings. The first kappa shape index (κ1) is 15.7. The smallest absolute Gasteiger partial charge is 0.162 e. The van der Waals surface area contributed by atoms with Gasteiger partial charge in [-0.2, -0.15) is 5.26 Å². The van der Waals surface area contributed by atoms with Gasteiger partial charge in [0.15, 0.2) is 11.5 Å². The third-order valence-corrected chi connectivity index (χ3v) is 3.62. The number of ether oxygens (including phenoxy) is 2. The van der Waals surface area contributed by atoms with Crippen molar-refractivity contribution >= 4 is 27.5 Å². The third-order valence-electron chi connectivity index (χ3n) is 2.77. The van der Waals surface area contributed by atoms with Gasteiger partial charge in [0.25, 0.3) is 0 Å². The van der Waals surface area contributed by atoms with E-state index >= 15 is 0 Å². The van der Waals surface area contributed by atoms with Crippen LogP contribution in [-0.4, -0.2) is 6.61 Å². The Morgan fingerprint density at radius 1 is 1.14 bits per heavy atom. The van der Waals surface area contributed by atoms with E-state index in [9.17, 15) is 0 Å². The van der Waals surface area contributed by atoms with Crippen molar-refractivity contribution in [3.63, 3.8) is 0 Å². The van der Waals surface area contributed by atoms with E-state index < -0.39 is 0 Å². The van der Waals surface area contributed by atoms with Gasteiger partial charge in [-0.25, -0.2) is 0 Å². The molecule has 0 aliphatic carbocycles. The molecule has 0 fully saturated rings. The van der Waals surface area contributed by atoms with Crippen molar-refractivity contribution in [3.8, 4) is 17.6 Å². The summed E-state index contributed by atoms with van der Waals surface area (Å²) in [5.74, 6) is 1.15. The van der Waals surface area contributed by atoms with Crippen LogP contribution in [0.5, 0.6) is 11.5 Å². The van der Waals surface area contributed by atoms with Crippen molar-refractivity contribution in [2.45, 2.75) is 13.5 Å². The molecule has 0 bridgehead atoms. The molecule has 21 heavy (non-hydrogen) atoms. The molecule has 3 nitrogen and oxygen atoms in total. The number of rotatable bonds is 5. The molecule has 2 aromatic rings. The minimum absolute atomic E-state index is 0.331. The van der Waals surface area contributed by atoms with Crippen LogP contribution in [0, 0.1) is 11.3 Å². The summed E-state index contributed by atoms with van der Waals surface area (Å²) in [5, 5.41) is 9.56. The van der Waals surface area contributed by atoms with Crippen molar-refractivity contribution in [2.75, 3.05) is 6.61 Å². The number of nitrogens with zero attached hydrogens (tertiary/aromatic N) is 1. The summed E-state index contributed by atoms with van der Waals surface area (Å²) in [6.45, 7) is 2.72. The Morgan fingerprint density at radius 2 is 1.95 bits per heavy atom. The van der Waals surface area contributed by atoms with E-state index in [4.69, 9.17) is 26.3 Å². The summed E-state index contributed by atoms with van der Waals surface area (Å²) in [7, 11) is 0. The zero-order chi connectivity index (χ0) is 15.2. The predicted molar refractivity (Wildman–Crippen MR) is 85.8 cm³/mol. The highest BCUT2D eigenvalue weighted by Gasteiger charge is 2.08. The quantitative estimate of drug-likeness (QED) is 0.751. The molecule has 0 atom stereocenters. The molecule has 0 amide bonds. The zero-order valence-corrected chi connectivity index (χ0v) is 13.7. The van der Waals surface area contributed by atoms with Crippen LogP contribution in [0.4, 0.5) is 0 Å². The van der Waals surface area contributed by atoms with E-state index in [1.807, 2.05) is 25.1 Å². The van der Waals surface area contributed by atoms with Crippen LogP contribution in [0.3, 0.4) is 0 Å². The maximum absolute atomic E-state index is 8.92. The lowest BCUT2D eigenvalue weighted by molar-refractivity contribution is 0.269. The number of nitriles is 1. The van der Waals surface area contributed by atoms with Crippen LogP contribution in [0.25, 0.3) is 0 Å². The van der Waals surface area contributed by atoms with Crippen LogP contribution < -0.4 is 9.47 Å². The fourth-order valence-corrected chi connectivity index (χ4v) is 2.49. The monoisotopic (exact) mass is 365 g/mol. The van der Waals surface area contributed by atoms with E-state index in [0.29, 0.717) is 35.3 Å². The topological polar surface area (TPSA) is 42.2 Å². The fraction of sp³-hybridized carbons (Fsp3) is 0.188.